The second-order valence-corrected chi connectivity index (χ2v) is 5.43. The van der Waals surface area contributed by atoms with E-state index in [-0.39, 0.29) is 18.0 Å². The molecule has 0 saturated carbocycles. The van der Waals surface area contributed by atoms with Crippen molar-refractivity contribution in [2.45, 2.75) is 26.3 Å². The standard InChI is InChI=1S/C16H17F2N3O3/c1-9(2)5-14(16(23)24)21-15(22)10(7-19)8-20-13-4-3-11(17)6-12(13)18/h3-4,6,8-9,14,20H,5H2,1-2H3,(H,21,22)(H,23,24)/b10-8-. The molecule has 0 heterocycles. The van der Waals surface area contributed by atoms with Crippen molar-refractivity contribution in [1.82, 2.24) is 5.32 Å². The number of nitriles is 1. The van der Waals surface area contributed by atoms with Crippen LogP contribution >= 0.6 is 0 Å². The predicted octanol–water partition coefficient (Wildman–Crippen LogP) is 2.40. The molecule has 0 fully saturated rings. The molecule has 1 unspecified atom stereocenters. The highest BCUT2D eigenvalue weighted by atomic mass is 19.1. The second kappa shape index (κ2) is 8.62. The molecule has 24 heavy (non-hydrogen) atoms. The molecular formula is C16H17F2N3O3. The minimum absolute atomic E-state index is 0.0207. The fraction of sp³-hybridized carbons (Fsp3) is 0.312. The van der Waals surface area contributed by atoms with Crippen LogP contribution < -0.4 is 10.6 Å². The van der Waals surface area contributed by atoms with E-state index in [2.05, 4.69) is 10.6 Å². The number of anilines is 1. The molecule has 0 saturated heterocycles. The summed E-state index contributed by atoms with van der Waals surface area (Å²) in [5.41, 5.74) is -0.567. The van der Waals surface area contributed by atoms with E-state index in [1.807, 2.05) is 0 Å². The summed E-state index contributed by atoms with van der Waals surface area (Å²) in [5, 5.41) is 22.7. The van der Waals surface area contributed by atoms with E-state index in [0.29, 0.717) is 6.07 Å². The van der Waals surface area contributed by atoms with Gasteiger partial charge in [0.15, 0.2) is 0 Å². The maximum absolute atomic E-state index is 13.5. The van der Waals surface area contributed by atoms with Crippen molar-refractivity contribution in [2.75, 3.05) is 5.32 Å². The zero-order valence-electron chi connectivity index (χ0n) is 13.1. The normalized spacial score (nSPS) is 12.4. The molecular weight excluding hydrogens is 320 g/mol. The number of hydrogen-bond donors (Lipinski definition) is 3. The van der Waals surface area contributed by atoms with Crippen LogP contribution in [-0.2, 0) is 9.59 Å². The Labute approximate surface area is 137 Å². The fourth-order valence-electron chi connectivity index (χ4n) is 1.83. The molecule has 0 bridgehead atoms. The maximum Gasteiger partial charge on any atom is 0.326 e. The Morgan fingerprint density at radius 3 is 2.54 bits per heavy atom. The Morgan fingerprint density at radius 2 is 2.04 bits per heavy atom. The third kappa shape index (κ3) is 5.68. The zero-order chi connectivity index (χ0) is 18.3. The van der Waals surface area contributed by atoms with Gasteiger partial charge in [-0.25, -0.2) is 13.6 Å². The lowest BCUT2D eigenvalue weighted by molar-refractivity contribution is -0.141. The topological polar surface area (TPSA) is 102 Å². The molecule has 3 N–H and O–H groups in total. The molecule has 1 rings (SSSR count). The number of carbonyl (C=O) groups excluding carboxylic acids is 1. The number of benzene rings is 1. The molecule has 1 aromatic carbocycles. The lowest BCUT2D eigenvalue weighted by Crippen LogP contribution is -2.42. The van der Waals surface area contributed by atoms with Crippen LogP contribution in [0.4, 0.5) is 14.5 Å². The first kappa shape index (κ1) is 19.1. The van der Waals surface area contributed by atoms with Gasteiger partial charge in [-0.15, -0.1) is 0 Å². The highest BCUT2D eigenvalue weighted by Crippen LogP contribution is 2.15. The Hall–Kier alpha value is -2.95. The monoisotopic (exact) mass is 337 g/mol. The summed E-state index contributed by atoms with van der Waals surface area (Å²) in [5.74, 6) is -3.76. The summed E-state index contributed by atoms with van der Waals surface area (Å²) in [4.78, 5) is 23.1. The van der Waals surface area contributed by atoms with Crippen LogP contribution in [0.1, 0.15) is 20.3 Å². The molecule has 1 amide bonds. The first-order valence-electron chi connectivity index (χ1n) is 7.10. The molecule has 0 aromatic heterocycles. The Morgan fingerprint density at radius 1 is 1.38 bits per heavy atom. The van der Waals surface area contributed by atoms with E-state index in [0.717, 1.165) is 18.3 Å². The number of hydrogen-bond acceptors (Lipinski definition) is 4. The number of amides is 1. The van der Waals surface area contributed by atoms with Crippen molar-refractivity contribution >= 4 is 17.6 Å². The van der Waals surface area contributed by atoms with Gasteiger partial charge in [0.05, 0.1) is 5.69 Å². The van der Waals surface area contributed by atoms with Gasteiger partial charge >= 0.3 is 5.97 Å². The number of aliphatic carboxylic acids is 1. The number of nitrogens with zero attached hydrogens (tertiary/aromatic N) is 1. The second-order valence-electron chi connectivity index (χ2n) is 5.43. The molecule has 1 atom stereocenters. The van der Waals surface area contributed by atoms with Gasteiger partial charge in [0, 0.05) is 12.3 Å². The summed E-state index contributed by atoms with van der Waals surface area (Å²) in [6, 6.07) is 3.21. The van der Waals surface area contributed by atoms with Crippen LogP contribution in [-0.4, -0.2) is 23.0 Å². The quantitative estimate of drug-likeness (QED) is 0.524. The van der Waals surface area contributed by atoms with Gasteiger partial charge in [-0.1, -0.05) is 13.8 Å². The van der Waals surface area contributed by atoms with Crippen molar-refractivity contribution < 1.29 is 23.5 Å². The summed E-state index contributed by atoms with van der Waals surface area (Å²) in [6.07, 6.45) is 1.12. The minimum Gasteiger partial charge on any atom is -0.480 e. The number of carbonyl (C=O) groups is 2. The first-order chi connectivity index (χ1) is 11.2. The van der Waals surface area contributed by atoms with E-state index in [1.165, 1.54) is 0 Å². The first-order valence-corrected chi connectivity index (χ1v) is 7.10. The van der Waals surface area contributed by atoms with Crippen molar-refractivity contribution in [3.63, 3.8) is 0 Å². The SMILES string of the molecule is CC(C)CC(NC(=O)/C(C#N)=C\Nc1ccc(F)cc1F)C(=O)O. The highest BCUT2D eigenvalue weighted by Gasteiger charge is 2.22. The number of carboxylic acids is 1. The lowest BCUT2D eigenvalue weighted by atomic mass is 10.0. The van der Waals surface area contributed by atoms with Gasteiger partial charge in [0.2, 0.25) is 0 Å². The molecule has 0 radical (unpaired) electrons. The molecule has 0 spiro atoms. The van der Waals surface area contributed by atoms with Crippen molar-refractivity contribution in [3.05, 3.63) is 41.6 Å². The van der Waals surface area contributed by atoms with E-state index < -0.39 is 35.1 Å². The van der Waals surface area contributed by atoms with E-state index in [9.17, 15) is 18.4 Å². The molecule has 6 nitrogen and oxygen atoms in total. The molecule has 8 heteroatoms. The van der Waals surface area contributed by atoms with Gasteiger partial charge in [-0.2, -0.15) is 5.26 Å². The average Bonchev–Trinajstić information content (AvgIpc) is 2.48. The van der Waals surface area contributed by atoms with Gasteiger partial charge in [0.25, 0.3) is 5.91 Å². The maximum atomic E-state index is 13.5. The molecule has 0 aliphatic carbocycles. The molecule has 1 aromatic rings. The van der Waals surface area contributed by atoms with E-state index >= 15 is 0 Å². The van der Waals surface area contributed by atoms with Gasteiger partial charge < -0.3 is 15.7 Å². The number of rotatable bonds is 7. The lowest BCUT2D eigenvalue weighted by Gasteiger charge is -2.16. The van der Waals surface area contributed by atoms with Gasteiger partial charge in [0.1, 0.15) is 29.3 Å². The van der Waals surface area contributed by atoms with Crippen LogP contribution in [0.2, 0.25) is 0 Å². The summed E-state index contributed by atoms with van der Waals surface area (Å²) in [6.45, 7) is 3.59. The number of halogens is 2. The van der Waals surface area contributed by atoms with Crippen LogP contribution in [0.15, 0.2) is 30.0 Å². The number of carboxylic acid groups (broad SMARTS) is 1. The third-order valence-electron chi connectivity index (χ3n) is 2.98. The van der Waals surface area contributed by atoms with Crippen LogP contribution in [0.3, 0.4) is 0 Å². The van der Waals surface area contributed by atoms with Gasteiger partial charge in [-0.05, 0) is 24.5 Å². The van der Waals surface area contributed by atoms with Gasteiger partial charge in [-0.3, -0.25) is 4.79 Å². The van der Waals surface area contributed by atoms with E-state index in [1.54, 1.807) is 19.9 Å². The average molecular weight is 337 g/mol. The van der Waals surface area contributed by atoms with Crippen LogP contribution in [0, 0.1) is 28.9 Å². The third-order valence-corrected chi connectivity index (χ3v) is 2.98. The molecule has 0 aliphatic heterocycles. The Kier molecular flexibility index (Phi) is 6.86. The van der Waals surface area contributed by atoms with Crippen LogP contribution in [0.25, 0.3) is 0 Å². The highest BCUT2D eigenvalue weighted by molar-refractivity contribution is 5.99. The summed E-state index contributed by atoms with van der Waals surface area (Å²) >= 11 is 0. The molecule has 0 aliphatic rings. The number of nitrogens with one attached hydrogen (secondary N) is 2. The summed E-state index contributed by atoms with van der Waals surface area (Å²) < 4.78 is 26.3. The summed E-state index contributed by atoms with van der Waals surface area (Å²) in [7, 11) is 0. The molecule has 128 valence electrons. The smallest absolute Gasteiger partial charge is 0.326 e. The minimum atomic E-state index is -1.22. The zero-order valence-corrected chi connectivity index (χ0v) is 13.1. The fourth-order valence-corrected chi connectivity index (χ4v) is 1.83. The van der Waals surface area contributed by atoms with Crippen molar-refractivity contribution in [1.29, 1.82) is 5.26 Å². The Balaban J connectivity index is 2.85. The Bertz CT molecular complexity index is 696. The van der Waals surface area contributed by atoms with Crippen molar-refractivity contribution in [3.8, 4) is 6.07 Å². The predicted molar refractivity (Wildman–Crippen MR) is 82.7 cm³/mol. The van der Waals surface area contributed by atoms with E-state index in [4.69, 9.17) is 10.4 Å². The largest absolute Gasteiger partial charge is 0.480 e. The van der Waals surface area contributed by atoms with Crippen molar-refractivity contribution in [2.24, 2.45) is 5.92 Å². The van der Waals surface area contributed by atoms with Crippen LogP contribution in [0.5, 0.6) is 0 Å².